The van der Waals surface area contributed by atoms with Crippen molar-refractivity contribution in [3.8, 4) is 0 Å². The zero-order valence-corrected chi connectivity index (χ0v) is 9.96. The summed E-state index contributed by atoms with van der Waals surface area (Å²) in [6, 6.07) is 2.02. The molecular weight excluding hydrogens is 239 g/mol. The van der Waals surface area contributed by atoms with Crippen molar-refractivity contribution in [2.24, 2.45) is 0 Å². The number of halogens is 2. The van der Waals surface area contributed by atoms with Crippen LogP contribution < -0.4 is 4.57 Å². The van der Waals surface area contributed by atoms with E-state index in [9.17, 15) is 0 Å². The molecule has 2 heterocycles. The van der Waals surface area contributed by atoms with E-state index in [1.165, 1.54) is 0 Å². The average Bonchev–Trinajstić information content (AvgIpc) is 2.60. The van der Waals surface area contributed by atoms with Crippen LogP contribution in [-0.4, -0.2) is 4.98 Å². The zero-order valence-electron chi connectivity index (χ0n) is 7.63. The van der Waals surface area contributed by atoms with Gasteiger partial charge in [-0.2, -0.15) is 0 Å². The molecule has 0 radical (unpaired) electrons. The fraction of sp³-hybridized carbons (Fsp3) is 0.333. The summed E-state index contributed by atoms with van der Waals surface area (Å²) in [7, 11) is 0. The molecule has 0 unspecified atom stereocenters. The zero-order chi connectivity index (χ0) is 10.1. The molecule has 0 N–H and O–H groups in total. The maximum Gasteiger partial charge on any atom is 0.398 e. The third-order valence-corrected chi connectivity index (χ3v) is 3.57. The number of nitrogens with zero attached hydrogens (tertiary/aromatic N) is 2. The Balaban J connectivity index is 2.73. The Labute approximate surface area is 96.1 Å². The lowest BCUT2D eigenvalue weighted by Gasteiger charge is -1.99. The van der Waals surface area contributed by atoms with Gasteiger partial charge in [-0.25, -0.2) is 4.57 Å². The molecule has 0 aliphatic rings. The quantitative estimate of drug-likeness (QED) is 0.452. The molecule has 2 aromatic rings. The number of hydrogen-bond acceptors (Lipinski definition) is 2. The summed E-state index contributed by atoms with van der Waals surface area (Å²) in [6.45, 7) is 2.98. The lowest BCUT2D eigenvalue weighted by atomic mass is 10.4. The van der Waals surface area contributed by atoms with Crippen molar-refractivity contribution >= 4 is 44.8 Å². The molecule has 0 saturated heterocycles. The highest BCUT2D eigenvalue weighted by Gasteiger charge is 2.19. The monoisotopic (exact) mass is 247 g/mol. The van der Waals surface area contributed by atoms with E-state index in [2.05, 4.69) is 11.9 Å². The van der Waals surface area contributed by atoms with E-state index in [0.717, 1.165) is 23.2 Å². The first kappa shape index (κ1) is 10.1. The van der Waals surface area contributed by atoms with Crippen LogP contribution >= 0.6 is 34.5 Å². The Bertz CT molecular complexity index is 467. The minimum Gasteiger partial charge on any atom is -0.212 e. The van der Waals surface area contributed by atoms with Gasteiger partial charge in [0, 0.05) is 11.6 Å². The fourth-order valence-electron chi connectivity index (χ4n) is 1.40. The van der Waals surface area contributed by atoms with Gasteiger partial charge in [0.05, 0.1) is 6.54 Å². The summed E-state index contributed by atoms with van der Waals surface area (Å²) in [4.78, 5) is 4.10. The molecule has 0 fully saturated rings. The van der Waals surface area contributed by atoms with Gasteiger partial charge < -0.3 is 0 Å². The second kappa shape index (κ2) is 4.01. The second-order valence-electron chi connectivity index (χ2n) is 2.96. The number of aryl methyl sites for hydroxylation is 1. The van der Waals surface area contributed by atoms with Gasteiger partial charge in [-0.3, -0.25) is 0 Å². The van der Waals surface area contributed by atoms with Gasteiger partial charge in [-0.15, -0.1) is 11.3 Å². The average molecular weight is 248 g/mol. The Morgan fingerprint density at radius 1 is 1.50 bits per heavy atom. The Morgan fingerprint density at radius 2 is 2.29 bits per heavy atom. The normalized spacial score (nSPS) is 11.1. The lowest BCUT2D eigenvalue weighted by molar-refractivity contribution is -0.671. The number of hydrogen-bond donors (Lipinski definition) is 0. The number of thiophene rings is 1. The minimum absolute atomic E-state index is 0.461. The molecule has 0 aliphatic carbocycles. The van der Waals surface area contributed by atoms with Crippen LogP contribution in [0.15, 0.2) is 11.4 Å². The van der Waals surface area contributed by atoms with E-state index in [4.69, 9.17) is 23.2 Å². The fourth-order valence-corrected chi connectivity index (χ4v) is 2.79. The van der Waals surface area contributed by atoms with Crippen LogP contribution in [0.1, 0.15) is 13.3 Å². The van der Waals surface area contributed by atoms with Crippen molar-refractivity contribution < 1.29 is 4.57 Å². The maximum atomic E-state index is 6.02. The van der Waals surface area contributed by atoms with Gasteiger partial charge in [0.1, 0.15) is 4.70 Å². The summed E-state index contributed by atoms with van der Waals surface area (Å²) in [5, 5.41) is 2.95. The molecule has 0 aromatic carbocycles. The molecule has 5 heteroatoms. The van der Waals surface area contributed by atoms with Crippen molar-refractivity contribution in [2.45, 2.75) is 19.9 Å². The standard InChI is InChI=1S/C9H9Cl2N2S/c1-2-4-13-6-3-5-14-7(6)8(10)12-9(13)11/h3,5H,2,4H2,1H3/q+1. The maximum absolute atomic E-state index is 6.02. The van der Waals surface area contributed by atoms with Gasteiger partial charge in [-0.1, -0.05) is 6.92 Å². The summed E-state index contributed by atoms with van der Waals surface area (Å²) in [6.07, 6.45) is 1.03. The molecule has 0 bridgehead atoms. The summed E-state index contributed by atoms with van der Waals surface area (Å²) in [5.41, 5.74) is 1.07. The van der Waals surface area contributed by atoms with E-state index < -0.39 is 0 Å². The van der Waals surface area contributed by atoms with Crippen LogP contribution in [0.2, 0.25) is 10.4 Å². The lowest BCUT2D eigenvalue weighted by Crippen LogP contribution is -2.36. The number of aromatic nitrogens is 2. The van der Waals surface area contributed by atoms with Gasteiger partial charge in [0.2, 0.25) is 0 Å². The Hall–Kier alpha value is -0.380. The van der Waals surface area contributed by atoms with Crippen LogP contribution in [0.25, 0.3) is 10.2 Å². The molecule has 0 atom stereocenters. The van der Waals surface area contributed by atoms with Gasteiger partial charge >= 0.3 is 5.28 Å². The number of rotatable bonds is 2. The van der Waals surface area contributed by atoms with Crippen LogP contribution in [0, 0.1) is 0 Å². The number of fused-ring (bicyclic) bond motifs is 1. The summed E-state index contributed by atoms with van der Waals surface area (Å²) < 4.78 is 2.99. The Morgan fingerprint density at radius 3 is 3.00 bits per heavy atom. The van der Waals surface area contributed by atoms with Gasteiger partial charge in [-0.05, 0) is 34.5 Å². The molecule has 0 aliphatic heterocycles. The largest absolute Gasteiger partial charge is 0.398 e. The molecule has 2 rings (SSSR count). The molecular formula is C9H9Cl2N2S+. The van der Waals surface area contributed by atoms with E-state index in [1.807, 2.05) is 16.0 Å². The second-order valence-corrected chi connectivity index (χ2v) is 4.57. The first-order chi connectivity index (χ1) is 6.74. The van der Waals surface area contributed by atoms with Crippen LogP contribution in [0.4, 0.5) is 0 Å². The summed E-state index contributed by atoms with van der Waals surface area (Å²) in [5.74, 6) is 0. The van der Waals surface area contributed by atoms with Crippen molar-refractivity contribution in [3.63, 3.8) is 0 Å². The van der Waals surface area contributed by atoms with E-state index in [1.54, 1.807) is 11.3 Å². The smallest absolute Gasteiger partial charge is 0.212 e. The molecule has 2 nitrogen and oxygen atoms in total. The predicted octanol–water partition coefficient (Wildman–Crippen LogP) is 3.30. The topological polar surface area (TPSA) is 16.8 Å². The first-order valence-electron chi connectivity index (χ1n) is 4.36. The molecule has 74 valence electrons. The first-order valence-corrected chi connectivity index (χ1v) is 5.99. The highest BCUT2D eigenvalue weighted by molar-refractivity contribution is 7.17. The van der Waals surface area contributed by atoms with E-state index >= 15 is 0 Å². The molecule has 0 saturated carbocycles. The van der Waals surface area contributed by atoms with Crippen molar-refractivity contribution in [1.29, 1.82) is 0 Å². The van der Waals surface area contributed by atoms with Crippen molar-refractivity contribution in [1.82, 2.24) is 4.98 Å². The molecule has 0 spiro atoms. The van der Waals surface area contributed by atoms with Crippen LogP contribution in [-0.2, 0) is 6.54 Å². The van der Waals surface area contributed by atoms with Crippen LogP contribution in [0.5, 0.6) is 0 Å². The molecule has 2 aromatic heterocycles. The predicted molar refractivity (Wildman–Crippen MR) is 60.1 cm³/mol. The highest BCUT2D eigenvalue weighted by Crippen LogP contribution is 2.25. The van der Waals surface area contributed by atoms with Gasteiger partial charge in [0.15, 0.2) is 5.52 Å². The molecule has 14 heavy (non-hydrogen) atoms. The SMILES string of the molecule is CCC[n+]1c(Cl)nc(Cl)c2sccc21. The minimum atomic E-state index is 0.461. The molecule has 0 amide bonds. The third-order valence-electron chi connectivity index (χ3n) is 1.98. The Kier molecular flexibility index (Phi) is 2.91. The third kappa shape index (κ3) is 1.60. The van der Waals surface area contributed by atoms with E-state index in [-0.39, 0.29) is 0 Å². The summed E-state index contributed by atoms with van der Waals surface area (Å²) >= 11 is 13.6. The van der Waals surface area contributed by atoms with Crippen LogP contribution in [0.3, 0.4) is 0 Å². The van der Waals surface area contributed by atoms with Crippen molar-refractivity contribution in [2.75, 3.05) is 0 Å². The van der Waals surface area contributed by atoms with E-state index in [0.29, 0.717) is 10.4 Å². The highest BCUT2D eigenvalue weighted by atomic mass is 35.5. The van der Waals surface area contributed by atoms with Gasteiger partial charge in [0.25, 0.3) is 5.15 Å². The van der Waals surface area contributed by atoms with Crippen molar-refractivity contribution in [3.05, 3.63) is 21.9 Å².